The molecule has 0 saturated heterocycles. The number of nitrogens with zero attached hydrogens (tertiary/aromatic N) is 3. The van der Waals surface area contributed by atoms with Gasteiger partial charge in [-0.2, -0.15) is 0 Å². The van der Waals surface area contributed by atoms with E-state index < -0.39 is 0 Å². The molecule has 1 heterocycles. The van der Waals surface area contributed by atoms with Crippen LogP contribution < -0.4 is 5.32 Å². The third-order valence-corrected chi connectivity index (χ3v) is 6.55. The molecule has 1 amide bonds. The highest BCUT2D eigenvalue weighted by atomic mass is 35.5. The first-order valence-corrected chi connectivity index (χ1v) is 13.0. The highest BCUT2D eigenvalue weighted by molar-refractivity contribution is 7.98. The Morgan fingerprint density at radius 1 is 1.03 bits per heavy atom. The Bertz CT molecular complexity index is 1010. The third kappa shape index (κ3) is 8.86. The zero-order valence-electron chi connectivity index (χ0n) is 19.5. The fraction of sp³-hybridized carbons (Fsp3) is 0.423. The molecule has 5 nitrogen and oxygen atoms in total. The number of aromatic nitrogens is 3. The van der Waals surface area contributed by atoms with Gasteiger partial charge in [0.1, 0.15) is 5.82 Å². The Morgan fingerprint density at radius 2 is 1.82 bits per heavy atom. The minimum atomic E-state index is 0.131. The predicted molar refractivity (Wildman–Crippen MR) is 137 cm³/mol. The van der Waals surface area contributed by atoms with Gasteiger partial charge in [0.15, 0.2) is 5.16 Å². The van der Waals surface area contributed by atoms with Crippen molar-refractivity contribution in [2.75, 3.05) is 6.54 Å². The molecule has 0 unspecified atom stereocenters. The number of aryl methyl sites for hydroxylation is 2. The van der Waals surface area contributed by atoms with E-state index in [4.69, 9.17) is 11.6 Å². The first-order valence-electron chi connectivity index (χ1n) is 11.6. The van der Waals surface area contributed by atoms with Gasteiger partial charge in [-0.25, -0.2) is 0 Å². The fourth-order valence-electron chi connectivity index (χ4n) is 3.47. The molecule has 0 radical (unpaired) electrons. The number of nitrogens with one attached hydrogen (secondary N) is 1. The minimum Gasteiger partial charge on any atom is -0.356 e. The quantitative estimate of drug-likeness (QED) is 0.240. The van der Waals surface area contributed by atoms with Crippen LogP contribution in [-0.2, 0) is 29.9 Å². The molecule has 3 rings (SSSR count). The number of rotatable bonds is 13. The highest BCUT2D eigenvalue weighted by Gasteiger charge is 2.13. The number of thioether (sulfide) groups is 1. The number of halogens is 1. The molecule has 0 aliphatic rings. The minimum absolute atomic E-state index is 0.131. The van der Waals surface area contributed by atoms with E-state index in [2.05, 4.69) is 64.3 Å². The van der Waals surface area contributed by atoms with E-state index in [9.17, 15) is 4.79 Å². The van der Waals surface area contributed by atoms with Gasteiger partial charge < -0.3 is 9.88 Å². The Kier molecular flexibility index (Phi) is 10.3. The number of unbranched alkanes of at least 4 members (excludes halogenated alkanes) is 1. The van der Waals surface area contributed by atoms with Crippen molar-refractivity contribution in [3.05, 3.63) is 76.6 Å². The summed E-state index contributed by atoms with van der Waals surface area (Å²) in [5.41, 5.74) is 2.46. The van der Waals surface area contributed by atoms with Gasteiger partial charge in [-0.1, -0.05) is 79.7 Å². The number of hydrogen-bond acceptors (Lipinski definition) is 4. The fourth-order valence-corrected chi connectivity index (χ4v) is 4.61. The predicted octanol–water partition coefficient (Wildman–Crippen LogP) is 5.95. The summed E-state index contributed by atoms with van der Waals surface area (Å²) in [6, 6.07) is 18.4. The molecular weight excluding hydrogens is 452 g/mol. The molecular formula is C26H33ClN4OS. The number of carbonyl (C=O) groups excluding carboxylic acids is 1. The summed E-state index contributed by atoms with van der Waals surface area (Å²) < 4.78 is 2.24. The van der Waals surface area contributed by atoms with E-state index in [1.807, 2.05) is 24.3 Å². The summed E-state index contributed by atoms with van der Waals surface area (Å²) >= 11 is 7.82. The maximum absolute atomic E-state index is 12.0. The van der Waals surface area contributed by atoms with Crippen LogP contribution in [0.25, 0.3) is 0 Å². The maximum atomic E-state index is 12.0. The van der Waals surface area contributed by atoms with Gasteiger partial charge in [0, 0.05) is 36.7 Å². The number of amides is 1. The second-order valence-corrected chi connectivity index (χ2v) is 9.99. The van der Waals surface area contributed by atoms with Crippen LogP contribution in [0.4, 0.5) is 0 Å². The first-order chi connectivity index (χ1) is 16.0. The zero-order valence-corrected chi connectivity index (χ0v) is 21.0. The standard InChI is InChI=1S/C26H33ClN4OS/c1-20(2)18-28-25(32)14-7-6-13-24-29-30-26(33-19-22-11-8-12-23(27)17-22)31(24)16-15-21-9-4-3-5-10-21/h3-5,8-12,17,20H,6-7,13-16,18-19H2,1-2H3,(H,28,32). The van der Waals surface area contributed by atoms with Crippen LogP contribution in [0, 0.1) is 5.92 Å². The van der Waals surface area contributed by atoms with Crippen LogP contribution in [-0.4, -0.2) is 27.2 Å². The normalized spacial score (nSPS) is 11.2. The smallest absolute Gasteiger partial charge is 0.220 e. The number of carbonyl (C=O) groups is 1. The molecule has 2 aromatic carbocycles. The van der Waals surface area contributed by atoms with Crippen LogP contribution in [0.15, 0.2) is 59.8 Å². The van der Waals surface area contributed by atoms with E-state index in [0.717, 1.165) is 60.5 Å². The van der Waals surface area contributed by atoms with Crippen LogP contribution in [0.3, 0.4) is 0 Å². The van der Waals surface area contributed by atoms with E-state index in [1.165, 1.54) is 11.1 Å². The van der Waals surface area contributed by atoms with Crippen LogP contribution >= 0.6 is 23.4 Å². The van der Waals surface area contributed by atoms with Crippen molar-refractivity contribution in [2.45, 2.75) is 63.4 Å². The van der Waals surface area contributed by atoms with Crippen molar-refractivity contribution in [3.8, 4) is 0 Å². The van der Waals surface area contributed by atoms with Gasteiger partial charge in [-0.05, 0) is 48.4 Å². The summed E-state index contributed by atoms with van der Waals surface area (Å²) in [6.07, 6.45) is 4.06. The lowest BCUT2D eigenvalue weighted by molar-refractivity contribution is -0.121. The summed E-state index contributed by atoms with van der Waals surface area (Å²) in [5, 5.41) is 13.7. The van der Waals surface area contributed by atoms with Crippen molar-refractivity contribution in [2.24, 2.45) is 5.92 Å². The SMILES string of the molecule is CC(C)CNC(=O)CCCCc1nnc(SCc2cccc(Cl)c2)n1CCc1ccccc1. The van der Waals surface area contributed by atoms with E-state index in [-0.39, 0.29) is 5.91 Å². The lowest BCUT2D eigenvalue weighted by Crippen LogP contribution is -2.26. The third-order valence-electron chi connectivity index (χ3n) is 5.28. The molecule has 0 fully saturated rings. The molecule has 0 spiro atoms. The Hall–Kier alpha value is -2.31. The molecule has 0 aliphatic carbocycles. The summed E-state index contributed by atoms with van der Waals surface area (Å²) in [6.45, 7) is 5.77. The number of benzene rings is 2. The second-order valence-electron chi connectivity index (χ2n) is 8.61. The lowest BCUT2D eigenvalue weighted by atomic mass is 10.1. The monoisotopic (exact) mass is 484 g/mol. The Labute approximate surface area is 206 Å². The molecule has 1 N–H and O–H groups in total. The second kappa shape index (κ2) is 13.4. The van der Waals surface area contributed by atoms with Gasteiger partial charge in [0.05, 0.1) is 0 Å². The Morgan fingerprint density at radius 3 is 2.58 bits per heavy atom. The van der Waals surface area contributed by atoms with Crippen molar-refractivity contribution >= 4 is 29.3 Å². The van der Waals surface area contributed by atoms with Crippen LogP contribution in [0.2, 0.25) is 5.02 Å². The van der Waals surface area contributed by atoms with Gasteiger partial charge in [0.25, 0.3) is 0 Å². The number of hydrogen-bond donors (Lipinski definition) is 1. The largest absolute Gasteiger partial charge is 0.356 e. The summed E-state index contributed by atoms with van der Waals surface area (Å²) in [7, 11) is 0. The average molecular weight is 485 g/mol. The van der Waals surface area contributed by atoms with Gasteiger partial charge in [-0.3, -0.25) is 4.79 Å². The molecule has 3 aromatic rings. The van der Waals surface area contributed by atoms with Gasteiger partial charge in [-0.15, -0.1) is 10.2 Å². The first kappa shape index (κ1) is 25.3. The van der Waals surface area contributed by atoms with Crippen LogP contribution in [0.5, 0.6) is 0 Å². The highest BCUT2D eigenvalue weighted by Crippen LogP contribution is 2.24. The van der Waals surface area contributed by atoms with Crippen LogP contribution in [0.1, 0.15) is 50.1 Å². The molecule has 176 valence electrons. The van der Waals surface area contributed by atoms with E-state index >= 15 is 0 Å². The van der Waals surface area contributed by atoms with Crippen molar-refractivity contribution in [1.82, 2.24) is 20.1 Å². The van der Waals surface area contributed by atoms with Crippen molar-refractivity contribution in [1.29, 1.82) is 0 Å². The average Bonchev–Trinajstić information content (AvgIpc) is 3.20. The molecule has 0 bridgehead atoms. The Balaban J connectivity index is 1.60. The molecule has 0 saturated carbocycles. The van der Waals surface area contributed by atoms with Gasteiger partial charge in [0.2, 0.25) is 5.91 Å². The maximum Gasteiger partial charge on any atom is 0.220 e. The topological polar surface area (TPSA) is 59.8 Å². The molecule has 1 aromatic heterocycles. The van der Waals surface area contributed by atoms with E-state index in [1.54, 1.807) is 11.8 Å². The summed E-state index contributed by atoms with van der Waals surface area (Å²) in [5.74, 6) is 2.38. The lowest BCUT2D eigenvalue weighted by Gasteiger charge is -2.11. The van der Waals surface area contributed by atoms with Gasteiger partial charge >= 0.3 is 0 Å². The van der Waals surface area contributed by atoms with E-state index in [0.29, 0.717) is 12.3 Å². The van der Waals surface area contributed by atoms with Crippen molar-refractivity contribution < 1.29 is 4.79 Å². The summed E-state index contributed by atoms with van der Waals surface area (Å²) in [4.78, 5) is 12.0. The molecule has 33 heavy (non-hydrogen) atoms. The molecule has 7 heteroatoms. The molecule has 0 aliphatic heterocycles. The van der Waals surface area contributed by atoms with Crippen molar-refractivity contribution in [3.63, 3.8) is 0 Å². The zero-order chi connectivity index (χ0) is 23.5. The molecule has 0 atom stereocenters.